The molecule has 0 radical (unpaired) electrons. The molecule has 1 aromatic heterocycles. The molecule has 0 unspecified atom stereocenters. The van der Waals surface area contributed by atoms with Crippen molar-refractivity contribution >= 4 is 0 Å². The number of benzene rings is 2. The average molecular weight is 364 g/mol. The van der Waals surface area contributed by atoms with E-state index in [0.717, 1.165) is 37.4 Å². The van der Waals surface area contributed by atoms with E-state index in [1.165, 1.54) is 11.3 Å². The van der Waals surface area contributed by atoms with Crippen molar-refractivity contribution in [2.45, 2.75) is 32.5 Å². The van der Waals surface area contributed by atoms with E-state index in [-0.39, 0.29) is 11.9 Å². The number of halogens is 1. The van der Waals surface area contributed by atoms with Gasteiger partial charge in [-0.2, -0.15) is 0 Å². The molecule has 4 rings (SSSR count). The number of para-hydroxylation sites is 1. The van der Waals surface area contributed by atoms with Gasteiger partial charge in [-0.15, -0.1) is 0 Å². The van der Waals surface area contributed by atoms with Crippen LogP contribution < -0.4 is 4.74 Å². The fourth-order valence-electron chi connectivity index (χ4n) is 3.99. The summed E-state index contributed by atoms with van der Waals surface area (Å²) in [5.41, 5.74) is 3.56. The van der Waals surface area contributed by atoms with Crippen molar-refractivity contribution in [3.63, 3.8) is 0 Å². The van der Waals surface area contributed by atoms with Crippen LogP contribution in [-0.2, 0) is 13.1 Å². The number of ether oxygens (including phenoxy) is 1. The maximum atomic E-state index is 13.5. The first-order valence-corrected chi connectivity index (χ1v) is 9.61. The molecule has 0 amide bonds. The lowest BCUT2D eigenvalue weighted by atomic mass is 10.0. The summed E-state index contributed by atoms with van der Waals surface area (Å²) >= 11 is 0. The number of nitrogens with zero attached hydrogens (tertiary/aromatic N) is 2. The van der Waals surface area contributed by atoms with Gasteiger partial charge in [0, 0.05) is 37.1 Å². The molecule has 0 saturated heterocycles. The van der Waals surface area contributed by atoms with Crippen LogP contribution in [-0.4, -0.2) is 22.6 Å². The van der Waals surface area contributed by atoms with E-state index < -0.39 is 0 Å². The van der Waals surface area contributed by atoms with E-state index in [1.54, 1.807) is 12.1 Å². The molecule has 3 nitrogen and oxygen atoms in total. The van der Waals surface area contributed by atoms with Gasteiger partial charge < -0.3 is 9.30 Å². The van der Waals surface area contributed by atoms with Gasteiger partial charge in [-0.3, -0.25) is 4.90 Å². The second-order valence-electron chi connectivity index (χ2n) is 6.95. The molecule has 0 N–H and O–H groups in total. The van der Waals surface area contributed by atoms with Gasteiger partial charge >= 0.3 is 0 Å². The fourth-order valence-corrected chi connectivity index (χ4v) is 3.99. The highest BCUT2D eigenvalue weighted by atomic mass is 19.1. The number of hydrogen-bond donors (Lipinski definition) is 0. The highest BCUT2D eigenvalue weighted by Crippen LogP contribution is 2.34. The van der Waals surface area contributed by atoms with Crippen LogP contribution in [0.1, 0.15) is 36.2 Å². The quantitative estimate of drug-likeness (QED) is 0.632. The van der Waals surface area contributed by atoms with Crippen LogP contribution in [0.3, 0.4) is 0 Å². The minimum absolute atomic E-state index is 0.0952. The maximum absolute atomic E-state index is 13.5. The first kappa shape index (κ1) is 17.8. The van der Waals surface area contributed by atoms with Crippen molar-refractivity contribution < 1.29 is 9.13 Å². The second kappa shape index (κ2) is 7.97. The third-order valence-electron chi connectivity index (χ3n) is 5.19. The predicted octanol–water partition coefficient (Wildman–Crippen LogP) is 5.02. The Balaban J connectivity index is 1.72. The molecule has 0 saturated carbocycles. The maximum Gasteiger partial charge on any atom is 0.123 e. The molecular formula is C23H25FN2O. The Hall–Kier alpha value is -2.59. The normalized spacial score (nSPS) is 17.3. The summed E-state index contributed by atoms with van der Waals surface area (Å²) in [5.74, 6) is 0.744. The number of fused-ring (bicyclic) bond motifs is 1. The van der Waals surface area contributed by atoms with Gasteiger partial charge in [0.05, 0.1) is 12.6 Å². The molecule has 3 aromatic rings. The molecule has 1 atom stereocenters. The highest BCUT2D eigenvalue weighted by molar-refractivity contribution is 5.35. The van der Waals surface area contributed by atoms with Crippen molar-refractivity contribution in [2.24, 2.45) is 0 Å². The zero-order valence-electron chi connectivity index (χ0n) is 15.6. The van der Waals surface area contributed by atoms with Crippen LogP contribution >= 0.6 is 0 Å². The first-order valence-electron chi connectivity index (χ1n) is 9.61. The Morgan fingerprint density at radius 1 is 1.00 bits per heavy atom. The fraction of sp³-hybridized carbons (Fsp3) is 0.304. The molecule has 140 valence electrons. The largest absolute Gasteiger partial charge is 0.494 e. The van der Waals surface area contributed by atoms with E-state index >= 15 is 0 Å². The number of hydrogen-bond acceptors (Lipinski definition) is 2. The third kappa shape index (κ3) is 3.76. The number of aromatic nitrogens is 1. The van der Waals surface area contributed by atoms with Crippen LogP contribution in [0.5, 0.6) is 5.75 Å². The molecule has 0 spiro atoms. The molecule has 0 bridgehead atoms. The standard InChI is InChI=1S/C23H25FN2O/c1-2-27-22-9-4-3-7-19(22)17-26-16-6-15-25-14-5-8-21(25)23(26)18-10-12-20(24)13-11-18/h3-5,7-14,23H,2,6,15-17H2,1H3/t23-/m1/s1. The van der Waals surface area contributed by atoms with Crippen LogP contribution in [0.25, 0.3) is 0 Å². The number of aryl methyl sites for hydroxylation is 1. The molecule has 4 heteroatoms. The van der Waals surface area contributed by atoms with Crippen molar-refractivity contribution in [3.05, 3.63) is 89.5 Å². The van der Waals surface area contributed by atoms with Gasteiger partial charge in [-0.05, 0) is 49.2 Å². The monoisotopic (exact) mass is 364 g/mol. The van der Waals surface area contributed by atoms with Gasteiger partial charge in [0.15, 0.2) is 0 Å². The van der Waals surface area contributed by atoms with Crippen molar-refractivity contribution in [1.29, 1.82) is 0 Å². The molecule has 2 aromatic carbocycles. The van der Waals surface area contributed by atoms with Gasteiger partial charge in [-0.1, -0.05) is 30.3 Å². The Morgan fingerprint density at radius 3 is 2.63 bits per heavy atom. The minimum atomic E-state index is -0.198. The molecule has 27 heavy (non-hydrogen) atoms. The summed E-state index contributed by atoms with van der Waals surface area (Å²) in [4.78, 5) is 2.48. The van der Waals surface area contributed by atoms with Gasteiger partial charge in [-0.25, -0.2) is 4.39 Å². The van der Waals surface area contributed by atoms with E-state index in [4.69, 9.17) is 4.74 Å². The Kier molecular flexibility index (Phi) is 5.26. The molecule has 1 aliphatic rings. The predicted molar refractivity (Wildman–Crippen MR) is 105 cm³/mol. The Bertz CT molecular complexity index is 887. The van der Waals surface area contributed by atoms with E-state index in [1.807, 2.05) is 31.2 Å². The van der Waals surface area contributed by atoms with Gasteiger partial charge in [0.1, 0.15) is 11.6 Å². The van der Waals surface area contributed by atoms with E-state index in [2.05, 4.69) is 39.9 Å². The summed E-state index contributed by atoms with van der Waals surface area (Å²) in [7, 11) is 0. The van der Waals surface area contributed by atoms with Gasteiger partial charge in [0.25, 0.3) is 0 Å². The lowest BCUT2D eigenvalue weighted by Gasteiger charge is -2.31. The topological polar surface area (TPSA) is 17.4 Å². The Labute approximate surface area is 160 Å². The summed E-state index contributed by atoms with van der Waals surface area (Å²) in [6.07, 6.45) is 3.22. The Morgan fingerprint density at radius 2 is 1.81 bits per heavy atom. The molecule has 0 fully saturated rings. The lowest BCUT2D eigenvalue weighted by Crippen LogP contribution is -2.29. The summed E-state index contributed by atoms with van der Waals surface area (Å²) < 4.78 is 21.7. The van der Waals surface area contributed by atoms with Crippen molar-refractivity contribution in [1.82, 2.24) is 9.47 Å². The van der Waals surface area contributed by atoms with Crippen molar-refractivity contribution in [2.75, 3.05) is 13.2 Å². The first-order chi connectivity index (χ1) is 13.3. The molecule has 1 aliphatic heterocycles. The van der Waals surface area contributed by atoms with Gasteiger partial charge in [0.2, 0.25) is 0 Å². The van der Waals surface area contributed by atoms with Crippen LogP contribution in [0.2, 0.25) is 0 Å². The SMILES string of the molecule is CCOc1ccccc1CN1CCCn2cccc2[C@H]1c1ccc(F)cc1. The summed E-state index contributed by atoms with van der Waals surface area (Å²) in [6, 6.07) is 19.5. The number of rotatable bonds is 5. The lowest BCUT2D eigenvalue weighted by molar-refractivity contribution is 0.215. The zero-order chi connectivity index (χ0) is 18.6. The van der Waals surface area contributed by atoms with Crippen LogP contribution in [0, 0.1) is 5.82 Å². The van der Waals surface area contributed by atoms with Crippen LogP contribution in [0.15, 0.2) is 66.9 Å². The van der Waals surface area contributed by atoms with E-state index in [0.29, 0.717) is 6.61 Å². The highest BCUT2D eigenvalue weighted by Gasteiger charge is 2.28. The third-order valence-corrected chi connectivity index (χ3v) is 5.19. The van der Waals surface area contributed by atoms with Crippen molar-refractivity contribution in [3.8, 4) is 5.75 Å². The minimum Gasteiger partial charge on any atom is -0.494 e. The molecule has 0 aliphatic carbocycles. The van der Waals surface area contributed by atoms with Crippen LogP contribution in [0.4, 0.5) is 4.39 Å². The molecular weight excluding hydrogens is 339 g/mol. The summed E-state index contributed by atoms with van der Waals surface area (Å²) in [5, 5.41) is 0. The second-order valence-corrected chi connectivity index (χ2v) is 6.95. The van der Waals surface area contributed by atoms with E-state index in [9.17, 15) is 4.39 Å². The summed E-state index contributed by atoms with van der Waals surface area (Å²) in [6.45, 7) is 5.44. The average Bonchev–Trinajstić information content (AvgIpc) is 3.06. The zero-order valence-corrected chi connectivity index (χ0v) is 15.6. The smallest absolute Gasteiger partial charge is 0.123 e. The molecule has 2 heterocycles.